The van der Waals surface area contributed by atoms with Crippen molar-refractivity contribution in [2.45, 2.75) is 5.16 Å². The van der Waals surface area contributed by atoms with Gasteiger partial charge in [0.15, 0.2) is 11.0 Å². The van der Waals surface area contributed by atoms with Gasteiger partial charge in [-0.15, -0.1) is 10.2 Å². The summed E-state index contributed by atoms with van der Waals surface area (Å²) in [6, 6.07) is 20.7. The van der Waals surface area contributed by atoms with Crippen LogP contribution in [-0.4, -0.2) is 33.5 Å². The number of benzene rings is 3. The number of rotatable bonds is 7. The maximum atomic E-state index is 13.8. The Morgan fingerprint density at radius 2 is 1.78 bits per heavy atom. The molecule has 0 aliphatic heterocycles. The number of para-hydroxylation sites is 1. The molecular formula is C23H18ClFN4O2S. The molecule has 3 aromatic carbocycles. The molecule has 32 heavy (non-hydrogen) atoms. The number of aromatic nitrogens is 3. The van der Waals surface area contributed by atoms with Gasteiger partial charge in [0, 0.05) is 16.3 Å². The van der Waals surface area contributed by atoms with Crippen LogP contribution < -0.4 is 10.1 Å². The largest absolute Gasteiger partial charge is 0.497 e. The van der Waals surface area contributed by atoms with E-state index in [9.17, 15) is 9.18 Å². The van der Waals surface area contributed by atoms with Gasteiger partial charge in [0.1, 0.15) is 11.6 Å². The standard InChI is InChI=1S/C23H18ClFN4O2S/c1-31-18-12-10-17(11-13-18)29-22(15-6-8-16(24)9-7-15)27-28-23(29)32-14-21(30)26-20-5-3-2-4-19(20)25/h2-13H,14H2,1H3,(H,26,30). The second-order valence-electron chi connectivity index (χ2n) is 6.66. The van der Waals surface area contributed by atoms with E-state index < -0.39 is 5.82 Å². The Balaban J connectivity index is 1.61. The number of hydrogen-bond acceptors (Lipinski definition) is 5. The first-order chi connectivity index (χ1) is 15.5. The Labute approximate surface area is 193 Å². The Morgan fingerprint density at radius 3 is 2.47 bits per heavy atom. The van der Waals surface area contributed by atoms with Crippen LogP contribution in [-0.2, 0) is 4.79 Å². The van der Waals surface area contributed by atoms with Gasteiger partial charge in [-0.2, -0.15) is 0 Å². The molecule has 1 N–H and O–H groups in total. The van der Waals surface area contributed by atoms with Gasteiger partial charge in [0.2, 0.25) is 5.91 Å². The average molecular weight is 469 g/mol. The summed E-state index contributed by atoms with van der Waals surface area (Å²) in [7, 11) is 1.60. The lowest BCUT2D eigenvalue weighted by atomic mass is 10.2. The molecule has 1 aromatic heterocycles. The molecule has 0 aliphatic rings. The van der Waals surface area contributed by atoms with Gasteiger partial charge < -0.3 is 10.1 Å². The number of carbonyl (C=O) groups excluding carboxylic acids is 1. The SMILES string of the molecule is COc1ccc(-n2c(SCC(=O)Nc3ccccc3F)nnc2-c2ccc(Cl)cc2)cc1. The summed E-state index contributed by atoms with van der Waals surface area (Å²) in [6.07, 6.45) is 0. The number of anilines is 1. The molecule has 0 bridgehead atoms. The molecule has 4 rings (SSSR count). The second kappa shape index (κ2) is 9.84. The highest BCUT2D eigenvalue weighted by atomic mass is 35.5. The molecule has 9 heteroatoms. The molecule has 0 saturated carbocycles. The molecule has 0 unspecified atom stereocenters. The zero-order valence-corrected chi connectivity index (χ0v) is 18.5. The summed E-state index contributed by atoms with van der Waals surface area (Å²) < 4.78 is 20.9. The van der Waals surface area contributed by atoms with Gasteiger partial charge in [0.05, 0.1) is 18.6 Å². The number of nitrogens with zero attached hydrogens (tertiary/aromatic N) is 3. The number of carbonyl (C=O) groups is 1. The van der Waals surface area contributed by atoms with Gasteiger partial charge in [0.25, 0.3) is 0 Å². The Bertz CT molecular complexity index is 1230. The predicted octanol–water partition coefficient (Wildman–Crippen LogP) is 5.47. The summed E-state index contributed by atoms with van der Waals surface area (Å²) in [4.78, 5) is 12.4. The van der Waals surface area contributed by atoms with Crippen molar-refractivity contribution in [2.24, 2.45) is 0 Å². The molecule has 0 radical (unpaired) electrons. The average Bonchev–Trinajstić information content (AvgIpc) is 3.24. The number of amides is 1. The lowest BCUT2D eigenvalue weighted by Crippen LogP contribution is -2.15. The molecule has 0 aliphatic carbocycles. The first-order valence-electron chi connectivity index (χ1n) is 9.58. The van der Waals surface area contributed by atoms with E-state index in [-0.39, 0.29) is 17.3 Å². The van der Waals surface area contributed by atoms with Crippen LogP contribution in [0.15, 0.2) is 78.0 Å². The van der Waals surface area contributed by atoms with Crippen LogP contribution in [0.2, 0.25) is 5.02 Å². The van der Waals surface area contributed by atoms with E-state index in [0.29, 0.717) is 21.8 Å². The molecule has 1 heterocycles. The zero-order valence-electron chi connectivity index (χ0n) is 17.0. The quantitative estimate of drug-likeness (QED) is 0.364. The van der Waals surface area contributed by atoms with Gasteiger partial charge >= 0.3 is 0 Å². The van der Waals surface area contributed by atoms with Crippen LogP contribution >= 0.6 is 23.4 Å². The van der Waals surface area contributed by atoms with Crippen molar-refractivity contribution in [3.8, 4) is 22.8 Å². The Morgan fingerprint density at radius 1 is 1.06 bits per heavy atom. The molecule has 6 nitrogen and oxygen atoms in total. The van der Waals surface area contributed by atoms with Crippen molar-refractivity contribution in [1.82, 2.24) is 14.8 Å². The second-order valence-corrected chi connectivity index (χ2v) is 8.04. The minimum atomic E-state index is -0.489. The number of hydrogen-bond donors (Lipinski definition) is 1. The first kappa shape index (κ1) is 21.9. The normalized spacial score (nSPS) is 10.7. The van der Waals surface area contributed by atoms with Crippen molar-refractivity contribution in [3.63, 3.8) is 0 Å². The van der Waals surface area contributed by atoms with Crippen LogP contribution in [0.5, 0.6) is 5.75 Å². The minimum Gasteiger partial charge on any atom is -0.497 e. The third-order valence-corrected chi connectivity index (χ3v) is 5.73. The minimum absolute atomic E-state index is 0.0310. The van der Waals surface area contributed by atoms with Crippen molar-refractivity contribution >= 4 is 35.0 Å². The van der Waals surface area contributed by atoms with Gasteiger partial charge in [-0.3, -0.25) is 9.36 Å². The Hall–Kier alpha value is -3.36. The zero-order chi connectivity index (χ0) is 22.5. The number of halogens is 2. The maximum Gasteiger partial charge on any atom is 0.234 e. The van der Waals surface area contributed by atoms with Crippen LogP contribution in [0.3, 0.4) is 0 Å². The molecule has 4 aromatic rings. The maximum absolute atomic E-state index is 13.8. The fourth-order valence-electron chi connectivity index (χ4n) is 2.99. The fourth-order valence-corrected chi connectivity index (χ4v) is 3.87. The summed E-state index contributed by atoms with van der Waals surface area (Å²) in [5.74, 6) is 0.510. The lowest BCUT2D eigenvalue weighted by molar-refractivity contribution is -0.113. The third kappa shape index (κ3) is 4.92. The van der Waals surface area contributed by atoms with Gasteiger partial charge in [-0.05, 0) is 60.7 Å². The Kier molecular flexibility index (Phi) is 6.72. The van der Waals surface area contributed by atoms with E-state index in [1.54, 1.807) is 31.4 Å². The van der Waals surface area contributed by atoms with E-state index >= 15 is 0 Å². The van der Waals surface area contributed by atoms with Crippen LogP contribution in [0.1, 0.15) is 0 Å². The van der Waals surface area contributed by atoms with Crippen molar-refractivity contribution < 1.29 is 13.9 Å². The molecule has 0 spiro atoms. The highest BCUT2D eigenvalue weighted by Gasteiger charge is 2.18. The summed E-state index contributed by atoms with van der Waals surface area (Å²) >= 11 is 7.23. The first-order valence-corrected chi connectivity index (χ1v) is 10.9. The lowest BCUT2D eigenvalue weighted by Gasteiger charge is -2.11. The van der Waals surface area contributed by atoms with E-state index in [2.05, 4.69) is 15.5 Å². The smallest absolute Gasteiger partial charge is 0.234 e. The molecule has 0 saturated heterocycles. The molecule has 0 fully saturated rings. The topological polar surface area (TPSA) is 69.0 Å². The summed E-state index contributed by atoms with van der Waals surface area (Å²) in [5.41, 5.74) is 1.76. The van der Waals surface area contributed by atoms with Crippen LogP contribution in [0, 0.1) is 5.82 Å². The third-order valence-electron chi connectivity index (χ3n) is 4.55. The predicted molar refractivity (Wildman–Crippen MR) is 124 cm³/mol. The van der Waals surface area contributed by atoms with Crippen LogP contribution in [0.4, 0.5) is 10.1 Å². The fraction of sp³-hybridized carbons (Fsp3) is 0.0870. The van der Waals surface area contributed by atoms with Gasteiger partial charge in [-0.25, -0.2) is 4.39 Å². The van der Waals surface area contributed by atoms with Gasteiger partial charge in [-0.1, -0.05) is 35.5 Å². The number of methoxy groups -OCH3 is 1. The molecule has 0 atom stereocenters. The summed E-state index contributed by atoms with van der Waals surface area (Å²) in [5, 5.41) is 12.3. The molecular weight excluding hydrogens is 451 g/mol. The van der Waals surface area contributed by atoms with Crippen LogP contribution in [0.25, 0.3) is 17.1 Å². The van der Waals surface area contributed by atoms with Crippen molar-refractivity contribution in [1.29, 1.82) is 0 Å². The van der Waals surface area contributed by atoms with E-state index in [4.69, 9.17) is 16.3 Å². The number of nitrogens with one attached hydrogen (secondary N) is 1. The highest BCUT2D eigenvalue weighted by molar-refractivity contribution is 7.99. The summed E-state index contributed by atoms with van der Waals surface area (Å²) in [6.45, 7) is 0. The van der Waals surface area contributed by atoms with E-state index in [0.717, 1.165) is 11.3 Å². The monoisotopic (exact) mass is 468 g/mol. The van der Waals surface area contributed by atoms with Crippen molar-refractivity contribution in [2.75, 3.05) is 18.2 Å². The molecule has 162 valence electrons. The highest BCUT2D eigenvalue weighted by Crippen LogP contribution is 2.29. The van der Waals surface area contributed by atoms with Crippen molar-refractivity contribution in [3.05, 3.63) is 83.6 Å². The van der Waals surface area contributed by atoms with E-state index in [1.807, 2.05) is 41.0 Å². The van der Waals surface area contributed by atoms with E-state index in [1.165, 1.54) is 23.9 Å². The molecule has 1 amide bonds. The number of ether oxygens (including phenoxy) is 1. The number of thioether (sulfide) groups is 1.